The molecule has 0 aliphatic rings. The van der Waals surface area contributed by atoms with E-state index in [0.29, 0.717) is 22.3 Å². The van der Waals surface area contributed by atoms with E-state index < -0.39 is 19.1 Å². The topological polar surface area (TPSA) is 111 Å². The maximum atomic E-state index is 12.6. The van der Waals surface area contributed by atoms with Crippen molar-refractivity contribution in [2.24, 2.45) is 0 Å². The molecule has 0 atom stereocenters. The molecule has 3 rings (SSSR count). The summed E-state index contributed by atoms with van der Waals surface area (Å²) in [4.78, 5) is 25.2. The molecule has 0 saturated heterocycles. The predicted molar refractivity (Wildman–Crippen MR) is 106 cm³/mol. The van der Waals surface area contributed by atoms with Crippen molar-refractivity contribution in [2.75, 3.05) is 14.2 Å². The summed E-state index contributed by atoms with van der Waals surface area (Å²) in [7, 11) is 0.800. The van der Waals surface area contributed by atoms with Crippen LogP contribution in [-0.4, -0.2) is 53.1 Å². The maximum Gasteiger partial charge on any atom is 0.488 e. The molecule has 0 bridgehead atoms. The Morgan fingerprint density at radius 1 is 1.00 bits per heavy atom. The molecule has 1 aromatic heterocycles. The van der Waals surface area contributed by atoms with Crippen molar-refractivity contribution in [3.8, 4) is 16.9 Å². The molecule has 3 aromatic rings. The number of aromatic nitrogens is 2. The predicted octanol–water partition coefficient (Wildman–Crippen LogP) is 1.10. The number of carbonyl (C=O) groups is 2. The quantitative estimate of drug-likeness (QED) is 0.493. The van der Waals surface area contributed by atoms with Crippen LogP contribution in [0.15, 0.2) is 48.5 Å². The van der Waals surface area contributed by atoms with Crippen LogP contribution in [-0.2, 0) is 9.47 Å². The monoisotopic (exact) mass is 394 g/mol. The Hall–Kier alpha value is -3.43. The number of hydrogen-bond acceptors (Lipinski definition) is 7. The molecule has 2 N–H and O–H groups in total. The number of rotatable bonds is 5. The summed E-state index contributed by atoms with van der Waals surface area (Å²) in [5.41, 5.74) is 2.14. The van der Waals surface area contributed by atoms with E-state index in [2.05, 4.69) is 5.10 Å². The van der Waals surface area contributed by atoms with Crippen molar-refractivity contribution in [1.82, 2.24) is 9.78 Å². The van der Waals surface area contributed by atoms with Crippen molar-refractivity contribution in [3.05, 3.63) is 65.4 Å². The fraction of sp³-hybridized carbons (Fsp3) is 0.150. The van der Waals surface area contributed by atoms with E-state index >= 15 is 0 Å². The molecule has 29 heavy (non-hydrogen) atoms. The largest absolute Gasteiger partial charge is 0.488 e. The van der Waals surface area contributed by atoms with Gasteiger partial charge in [0.05, 0.1) is 19.9 Å². The average molecular weight is 394 g/mol. The van der Waals surface area contributed by atoms with E-state index in [1.165, 1.54) is 25.0 Å². The number of esters is 2. The van der Waals surface area contributed by atoms with E-state index in [1.54, 1.807) is 43.3 Å². The molecule has 8 nitrogen and oxygen atoms in total. The highest BCUT2D eigenvalue weighted by Crippen LogP contribution is 2.30. The van der Waals surface area contributed by atoms with E-state index in [0.717, 1.165) is 0 Å². The van der Waals surface area contributed by atoms with Crippen molar-refractivity contribution >= 4 is 24.5 Å². The number of hydrogen-bond donors (Lipinski definition) is 2. The minimum Gasteiger partial charge on any atom is -0.465 e. The number of ether oxygens (including phenoxy) is 2. The van der Waals surface area contributed by atoms with Gasteiger partial charge in [-0.25, -0.2) is 14.3 Å². The lowest BCUT2D eigenvalue weighted by molar-refractivity contribution is 0.0549. The molecule has 0 amide bonds. The zero-order chi connectivity index (χ0) is 21.1. The molecule has 1 heterocycles. The van der Waals surface area contributed by atoms with E-state index in [4.69, 9.17) is 9.47 Å². The SMILES string of the molecule is COC(=O)c1c(-c2ccc(B(O)O)cc2C)nn(-c2ccccc2)c1C(=O)OC. The minimum atomic E-state index is -1.63. The fourth-order valence-corrected chi connectivity index (χ4v) is 3.06. The zero-order valence-electron chi connectivity index (χ0n) is 16.1. The number of aryl methyl sites for hydroxylation is 1. The van der Waals surface area contributed by atoms with Crippen molar-refractivity contribution in [2.45, 2.75) is 6.92 Å². The van der Waals surface area contributed by atoms with Crippen LogP contribution >= 0.6 is 0 Å². The first-order valence-electron chi connectivity index (χ1n) is 8.71. The van der Waals surface area contributed by atoms with Gasteiger partial charge in [0.1, 0.15) is 11.3 Å². The van der Waals surface area contributed by atoms with Gasteiger partial charge in [0, 0.05) is 5.56 Å². The summed E-state index contributed by atoms with van der Waals surface area (Å²) in [6.45, 7) is 1.74. The Kier molecular flexibility index (Phi) is 5.81. The Morgan fingerprint density at radius 3 is 2.21 bits per heavy atom. The second kappa shape index (κ2) is 8.30. The van der Waals surface area contributed by atoms with Crippen LogP contribution in [0.3, 0.4) is 0 Å². The Labute approximate surface area is 167 Å². The van der Waals surface area contributed by atoms with Gasteiger partial charge in [0.25, 0.3) is 0 Å². The highest BCUT2D eigenvalue weighted by Gasteiger charge is 2.32. The third-order valence-electron chi connectivity index (χ3n) is 4.46. The zero-order valence-corrected chi connectivity index (χ0v) is 16.1. The van der Waals surface area contributed by atoms with Gasteiger partial charge in [-0.15, -0.1) is 0 Å². The number of carbonyl (C=O) groups excluding carboxylic acids is 2. The molecule has 0 unspecified atom stereocenters. The van der Waals surface area contributed by atoms with Gasteiger partial charge in [-0.3, -0.25) is 0 Å². The Morgan fingerprint density at radius 2 is 1.66 bits per heavy atom. The van der Waals surface area contributed by atoms with Gasteiger partial charge >= 0.3 is 19.1 Å². The van der Waals surface area contributed by atoms with Crippen molar-refractivity contribution in [1.29, 1.82) is 0 Å². The van der Waals surface area contributed by atoms with Gasteiger partial charge in [0.2, 0.25) is 0 Å². The lowest BCUT2D eigenvalue weighted by Crippen LogP contribution is -2.29. The van der Waals surface area contributed by atoms with Crippen LogP contribution < -0.4 is 5.46 Å². The third kappa shape index (κ3) is 3.78. The van der Waals surface area contributed by atoms with Crippen LogP contribution in [0.1, 0.15) is 26.4 Å². The molecular weight excluding hydrogens is 375 g/mol. The lowest BCUT2D eigenvalue weighted by Gasteiger charge is -2.08. The number of benzene rings is 2. The first kappa shape index (κ1) is 20.3. The highest BCUT2D eigenvalue weighted by atomic mass is 16.5. The summed E-state index contributed by atoms with van der Waals surface area (Å²) >= 11 is 0. The third-order valence-corrected chi connectivity index (χ3v) is 4.46. The number of methoxy groups -OCH3 is 2. The van der Waals surface area contributed by atoms with Crippen molar-refractivity contribution in [3.63, 3.8) is 0 Å². The van der Waals surface area contributed by atoms with Crippen LogP contribution in [0.2, 0.25) is 0 Å². The first-order valence-corrected chi connectivity index (χ1v) is 8.71. The van der Waals surface area contributed by atoms with Gasteiger partial charge < -0.3 is 19.5 Å². The van der Waals surface area contributed by atoms with E-state index in [9.17, 15) is 19.6 Å². The Balaban J connectivity index is 2.34. The molecule has 9 heteroatoms. The summed E-state index contributed by atoms with van der Waals surface area (Å²) in [6, 6.07) is 13.5. The molecule has 2 aromatic carbocycles. The normalized spacial score (nSPS) is 10.5. The second-order valence-corrected chi connectivity index (χ2v) is 6.25. The molecule has 0 aliphatic carbocycles. The van der Waals surface area contributed by atoms with Crippen LogP contribution in [0, 0.1) is 6.92 Å². The molecular formula is C20H19BN2O6. The molecule has 0 aliphatic heterocycles. The average Bonchev–Trinajstić information content (AvgIpc) is 3.13. The van der Waals surface area contributed by atoms with E-state index in [-0.39, 0.29) is 17.0 Å². The standard InChI is InChI=1S/C20H19BN2O6/c1-12-11-13(21(26)27)9-10-15(12)17-16(19(24)28-2)18(20(25)29-3)23(22-17)14-7-5-4-6-8-14/h4-11,26-27H,1-3H3. The summed E-state index contributed by atoms with van der Waals surface area (Å²) in [5.74, 6) is -1.48. The highest BCUT2D eigenvalue weighted by molar-refractivity contribution is 6.58. The maximum absolute atomic E-state index is 12.6. The summed E-state index contributed by atoms with van der Waals surface area (Å²) in [6.07, 6.45) is 0. The van der Waals surface area contributed by atoms with Gasteiger partial charge in [-0.2, -0.15) is 5.10 Å². The van der Waals surface area contributed by atoms with Crippen LogP contribution in [0.5, 0.6) is 0 Å². The van der Waals surface area contributed by atoms with Crippen molar-refractivity contribution < 1.29 is 29.1 Å². The van der Waals surface area contributed by atoms with Crippen LogP contribution in [0.4, 0.5) is 0 Å². The Bertz CT molecular complexity index is 1060. The lowest BCUT2D eigenvalue weighted by atomic mass is 9.78. The first-order chi connectivity index (χ1) is 13.9. The van der Waals surface area contributed by atoms with Gasteiger partial charge in [0.15, 0.2) is 5.69 Å². The smallest absolute Gasteiger partial charge is 0.465 e. The second-order valence-electron chi connectivity index (χ2n) is 6.25. The fourth-order valence-electron chi connectivity index (χ4n) is 3.06. The summed E-state index contributed by atoms with van der Waals surface area (Å²) < 4.78 is 11.1. The molecule has 0 spiro atoms. The van der Waals surface area contributed by atoms with Crippen LogP contribution in [0.25, 0.3) is 16.9 Å². The summed E-state index contributed by atoms with van der Waals surface area (Å²) in [5, 5.41) is 23.3. The molecule has 148 valence electrons. The molecule has 0 saturated carbocycles. The molecule has 0 fully saturated rings. The molecule has 0 radical (unpaired) electrons. The van der Waals surface area contributed by atoms with Gasteiger partial charge in [-0.05, 0) is 30.1 Å². The number of para-hydroxylation sites is 1. The van der Waals surface area contributed by atoms with E-state index in [1.807, 2.05) is 6.07 Å². The number of nitrogens with zero attached hydrogens (tertiary/aromatic N) is 2. The van der Waals surface area contributed by atoms with Gasteiger partial charge in [-0.1, -0.05) is 36.4 Å². The minimum absolute atomic E-state index is 0.0383.